The number of benzene rings is 1. The molecule has 1 aromatic carbocycles. The van der Waals surface area contributed by atoms with E-state index in [0.717, 1.165) is 5.56 Å². The molecule has 0 bridgehead atoms. The van der Waals surface area contributed by atoms with E-state index in [9.17, 15) is 9.90 Å². The largest absolute Gasteiger partial charge is 0.467 e. The molecular formula is C17H22N2O3. The van der Waals surface area contributed by atoms with Crippen LogP contribution in [0.1, 0.15) is 23.8 Å². The van der Waals surface area contributed by atoms with Gasteiger partial charge in [-0.05, 0) is 24.7 Å². The van der Waals surface area contributed by atoms with E-state index >= 15 is 0 Å². The zero-order chi connectivity index (χ0) is 15.8. The van der Waals surface area contributed by atoms with Crippen LogP contribution in [0.4, 0.5) is 0 Å². The zero-order valence-electron chi connectivity index (χ0n) is 12.7. The average Bonchev–Trinajstić information content (AvgIpc) is 3.07. The van der Waals surface area contributed by atoms with Crippen molar-refractivity contribution >= 4 is 5.91 Å². The quantitative estimate of drug-likeness (QED) is 0.782. The van der Waals surface area contributed by atoms with Crippen LogP contribution in [0.15, 0.2) is 53.1 Å². The number of carbonyl (C=O) groups is 1. The van der Waals surface area contributed by atoms with Crippen molar-refractivity contribution in [3.63, 3.8) is 0 Å². The van der Waals surface area contributed by atoms with Gasteiger partial charge < -0.3 is 19.7 Å². The Kier molecular flexibility index (Phi) is 6.18. The Balaban J connectivity index is 2.05. The minimum atomic E-state index is -0.822. The molecule has 0 spiro atoms. The first-order valence-corrected chi connectivity index (χ1v) is 7.38. The highest BCUT2D eigenvalue weighted by molar-refractivity contribution is 5.76. The van der Waals surface area contributed by atoms with E-state index < -0.39 is 6.10 Å². The fraction of sp³-hybridized carbons (Fsp3) is 0.353. The summed E-state index contributed by atoms with van der Waals surface area (Å²) in [5, 5.41) is 13.2. The first-order chi connectivity index (χ1) is 10.7. The van der Waals surface area contributed by atoms with Crippen LogP contribution >= 0.6 is 0 Å². The maximum atomic E-state index is 12.4. The molecule has 0 saturated carbocycles. The summed E-state index contributed by atoms with van der Waals surface area (Å²) in [5.74, 6) is 0.475. The van der Waals surface area contributed by atoms with Crippen LogP contribution in [0.25, 0.3) is 0 Å². The van der Waals surface area contributed by atoms with Crippen molar-refractivity contribution in [2.75, 3.05) is 20.1 Å². The molecule has 5 nitrogen and oxygen atoms in total. The van der Waals surface area contributed by atoms with Crippen molar-refractivity contribution in [1.29, 1.82) is 0 Å². The van der Waals surface area contributed by atoms with E-state index in [4.69, 9.17) is 4.42 Å². The molecule has 1 heterocycles. The molecular weight excluding hydrogens is 280 g/mol. The Hall–Kier alpha value is -2.11. The second-order valence-corrected chi connectivity index (χ2v) is 5.14. The number of nitrogens with one attached hydrogen (secondary N) is 1. The topological polar surface area (TPSA) is 65.7 Å². The third kappa shape index (κ3) is 4.72. The highest BCUT2D eigenvalue weighted by Crippen LogP contribution is 2.17. The lowest BCUT2D eigenvalue weighted by atomic mass is 10.1. The molecule has 2 rings (SSSR count). The number of furan rings is 1. The molecule has 0 fully saturated rings. The van der Waals surface area contributed by atoms with Gasteiger partial charge in [0, 0.05) is 19.5 Å². The van der Waals surface area contributed by atoms with Crippen LogP contribution in [0, 0.1) is 0 Å². The van der Waals surface area contributed by atoms with Crippen LogP contribution in [-0.2, 0) is 11.3 Å². The van der Waals surface area contributed by atoms with Crippen molar-refractivity contribution in [3.8, 4) is 0 Å². The van der Waals surface area contributed by atoms with Gasteiger partial charge in [0.25, 0.3) is 0 Å². The van der Waals surface area contributed by atoms with Gasteiger partial charge in [0.1, 0.15) is 11.9 Å². The van der Waals surface area contributed by atoms with E-state index in [1.54, 1.807) is 17.0 Å². The number of rotatable bonds is 8. The van der Waals surface area contributed by atoms with Crippen molar-refractivity contribution < 1.29 is 14.3 Å². The number of carbonyl (C=O) groups excluding carboxylic acids is 1. The lowest BCUT2D eigenvalue weighted by Crippen LogP contribution is -2.35. The average molecular weight is 302 g/mol. The van der Waals surface area contributed by atoms with Gasteiger partial charge in [-0.2, -0.15) is 0 Å². The van der Waals surface area contributed by atoms with E-state index in [1.165, 1.54) is 6.26 Å². The smallest absolute Gasteiger partial charge is 0.224 e. The summed E-state index contributed by atoms with van der Waals surface area (Å²) in [7, 11) is 1.81. The van der Waals surface area contributed by atoms with Crippen LogP contribution in [0.2, 0.25) is 0 Å². The fourth-order valence-electron chi connectivity index (χ4n) is 2.23. The monoisotopic (exact) mass is 302 g/mol. The maximum Gasteiger partial charge on any atom is 0.224 e. The molecule has 0 saturated heterocycles. The van der Waals surface area contributed by atoms with Crippen molar-refractivity contribution in [2.24, 2.45) is 0 Å². The van der Waals surface area contributed by atoms with Crippen LogP contribution < -0.4 is 5.32 Å². The highest BCUT2D eigenvalue weighted by atomic mass is 16.4. The van der Waals surface area contributed by atoms with Crippen molar-refractivity contribution in [2.45, 2.75) is 19.1 Å². The van der Waals surface area contributed by atoms with Gasteiger partial charge in [0.2, 0.25) is 5.91 Å². The van der Waals surface area contributed by atoms with Gasteiger partial charge in [-0.25, -0.2) is 0 Å². The Bertz CT molecular complexity index is 555. The summed E-state index contributed by atoms with van der Waals surface area (Å²) >= 11 is 0. The standard InChI is InChI=1S/C17H22N2O3/c1-18-10-9-17(21)19(12-14-6-3-2-4-7-14)13-15(20)16-8-5-11-22-16/h2-8,11,15,18,20H,9-10,12-13H2,1H3. The molecule has 0 aliphatic heterocycles. The molecule has 2 aromatic rings. The molecule has 1 amide bonds. The van der Waals surface area contributed by atoms with Crippen LogP contribution in [-0.4, -0.2) is 36.1 Å². The summed E-state index contributed by atoms with van der Waals surface area (Å²) in [6.07, 6.45) is 1.09. The third-order valence-corrected chi connectivity index (χ3v) is 3.42. The van der Waals surface area contributed by atoms with Gasteiger partial charge in [0.15, 0.2) is 0 Å². The predicted molar refractivity (Wildman–Crippen MR) is 84.1 cm³/mol. The fourth-order valence-corrected chi connectivity index (χ4v) is 2.23. The van der Waals surface area contributed by atoms with E-state index in [0.29, 0.717) is 25.3 Å². The first-order valence-electron chi connectivity index (χ1n) is 7.38. The second-order valence-electron chi connectivity index (χ2n) is 5.14. The SMILES string of the molecule is CNCCC(=O)N(Cc1ccccc1)CC(O)c1ccco1. The number of hydrogen-bond acceptors (Lipinski definition) is 4. The molecule has 22 heavy (non-hydrogen) atoms. The number of nitrogens with zero attached hydrogens (tertiary/aromatic N) is 1. The van der Waals surface area contributed by atoms with E-state index in [1.807, 2.05) is 37.4 Å². The maximum absolute atomic E-state index is 12.4. The van der Waals surface area contributed by atoms with Gasteiger partial charge in [-0.1, -0.05) is 30.3 Å². The number of aliphatic hydroxyl groups is 1. The number of hydrogen-bond donors (Lipinski definition) is 2. The minimum Gasteiger partial charge on any atom is -0.467 e. The molecule has 0 aliphatic rings. The van der Waals surface area contributed by atoms with E-state index in [-0.39, 0.29) is 12.5 Å². The molecule has 0 radical (unpaired) electrons. The number of amides is 1. The molecule has 1 unspecified atom stereocenters. The first kappa shape index (κ1) is 16.3. The zero-order valence-corrected chi connectivity index (χ0v) is 12.7. The van der Waals surface area contributed by atoms with Crippen LogP contribution in [0.3, 0.4) is 0 Å². The molecule has 0 aliphatic carbocycles. The molecule has 1 aromatic heterocycles. The highest BCUT2D eigenvalue weighted by Gasteiger charge is 2.20. The Labute approximate surface area is 130 Å². The Morgan fingerprint density at radius 2 is 2.05 bits per heavy atom. The molecule has 5 heteroatoms. The minimum absolute atomic E-state index is 0.00353. The van der Waals surface area contributed by atoms with Gasteiger partial charge in [0.05, 0.1) is 12.8 Å². The molecule has 118 valence electrons. The van der Waals surface area contributed by atoms with Crippen LogP contribution in [0.5, 0.6) is 0 Å². The van der Waals surface area contributed by atoms with Crippen molar-refractivity contribution in [1.82, 2.24) is 10.2 Å². The lowest BCUT2D eigenvalue weighted by molar-refractivity contribution is -0.133. The predicted octanol–water partition coefficient (Wildman–Crippen LogP) is 1.95. The van der Waals surface area contributed by atoms with Crippen molar-refractivity contribution in [3.05, 3.63) is 60.1 Å². The summed E-state index contributed by atoms with van der Waals surface area (Å²) in [5.41, 5.74) is 1.03. The Morgan fingerprint density at radius 1 is 1.27 bits per heavy atom. The summed E-state index contributed by atoms with van der Waals surface area (Å²) < 4.78 is 5.21. The Morgan fingerprint density at radius 3 is 2.68 bits per heavy atom. The van der Waals surface area contributed by atoms with E-state index in [2.05, 4.69) is 5.32 Å². The normalized spacial score (nSPS) is 12.1. The van der Waals surface area contributed by atoms with Gasteiger partial charge in [-0.3, -0.25) is 4.79 Å². The van der Waals surface area contributed by atoms with Gasteiger partial charge >= 0.3 is 0 Å². The summed E-state index contributed by atoms with van der Waals surface area (Å²) in [6, 6.07) is 13.2. The van der Waals surface area contributed by atoms with Gasteiger partial charge in [-0.15, -0.1) is 0 Å². The summed E-state index contributed by atoms with van der Waals surface area (Å²) in [6.45, 7) is 1.30. The molecule has 1 atom stereocenters. The lowest BCUT2D eigenvalue weighted by Gasteiger charge is -2.25. The second kappa shape index (κ2) is 8.36. The third-order valence-electron chi connectivity index (χ3n) is 3.42. The molecule has 2 N–H and O–H groups in total. The summed E-state index contributed by atoms with van der Waals surface area (Å²) in [4.78, 5) is 14.0. The number of aliphatic hydroxyl groups excluding tert-OH is 1.